The molecule has 0 aliphatic rings. The Morgan fingerprint density at radius 3 is 1.83 bits per heavy atom. The van der Waals surface area contributed by atoms with E-state index in [2.05, 4.69) is 36.8 Å². The van der Waals surface area contributed by atoms with Crippen LogP contribution in [0.5, 0.6) is 0 Å². The molecule has 0 saturated heterocycles. The molecule has 0 N–H and O–H groups in total. The molecule has 0 aliphatic carbocycles. The Labute approximate surface area is 82.1 Å². The van der Waals surface area contributed by atoms with Crippen LogP contribution in [0.15, 0.2) is 12.2 Å². The summed E-state index contributed by atoms with van der Waals surface area (Å²) in [5, 5.41) is 0. The van der Waals surface area contributed by atoms with Crippen LogP contribution in [0.25, 0.3) is 0 Å². The van der Waals surface area contributed by atoms with Crippen LogP contribution in [-0.2, 0) is 0 Å². The Kier molecular flexibility index (Phi) is 5.90. The van der Waals surface area contributed by atoms with E-state index in [9.17, 15) is 0 Å². The first-order chi connectivity index (χ1) is 5.60. The molecule has 0 bridgehead atoms. The molecule has 12 heavy (non-hydrogen) atoms. The molecule has 0 aromatic heterocycles. The second-order valence-electron chi connectivity index (χ2n) is 3.37. The molecule has 0 nitrogen and oxygen atoms in total. The summed E-state index contributed by atoms with van der Waals surface area (Å²) in [5.41, 5.74) is 1.02. The van der Waals surface area contributed by atoms with Gasteiger partial charge in [0, 0.05) is 0 Å². The Balaban J connectivity index is 4.54. The fourth-order valence-electron chi connectivity index (χ4n) is 1.25. The quantitative estimate of drug-likeness (QED) is 0.533. The predicted molar refractivity (Wildman–Crippen MR) is 59.8 cm³/mol. The summed E-state index contributed by atoms with van der Waals surface area (Å²) >= 11 is -2.06. The summed E-state index contributed by atoms with van der Waals surface area (Å²) in [4.78, 5) is 0. The number of allylic oxidation sites excluding steroid dienone is 1. The zero-order valence-corrected chi connectivity index (χ0v) is 12.7. The standard InChI is InChI=1S/C5H5.3C2H5.Pb/c1-4-5(2)3;3*1-2;/h2H2,3H3;3*1H2,2H3;. The first-order valence-corrected chi connectivity index (χ1v) is 15.0. The molecular weight excluding hydrogens is 339 g/mol. The average molecular weight is 359 g/mol. The van der Waals surface area contributed by atoms with E-state index in [-0.39, 0.29) is 0 Å². The van der Waals surface area contributed by atoms with Crippen molar-refractivity contribution in [2.24, 2.45) is 0 Å². The zero-order chi connectivity index (χ0) is 9.61. The fourth-order valence-corrected chi connectivity index (χ4v) is 11.0. The first-order valence-electron chi connectivity index (χ1n) is 4.79. The van der Waals surface area contributed by atoms with E-state index in [1.54, 1.807) is 0 Å². The summed E-state index contributed by atoms with van der Waals surface area (Å²) in [6, 6.07) is 0. The second kappa shape index (κ2) is 5.80. The van der Waals surface area contributed by atoms with Crippen LogP contribution in [0.1, 0.15) is 27.7 Å². The molecule has 0 spiro atoms. The van der Waals surface area contributed by atoms with Gasteiger partial charge in [-0.05, 0) is 0 Å². The Hall–Kier alpha value is 0.222. The summed E-state index contributed by atoms with van der Waals surface area (Å²) in [6.07, 6.45) is 0. The van der Waals surface area contributed by atoms with Gasteiger partial charge in [0.1, 0.15) is 0 Å². The van der Waals surface area contributed by atoms with E-state index in [0.29, 0.717) is 0 Å². The summed E-state index contributed by atoms with van der Waals surface area (Å²) in [6.45, 7) is 12.7. The van der Waals surface area contributed by atoms with Crippen LogP contribution >= 0.6 is 0 Å². The summed E-state index contributed by atoms with van der Waals surface area (Å²) in [7, 11) is 0. The van der Waals surface area contributed by atoms with Crippen molar-refractivity contribution in [3.05, 3.63) is 12.2 Å². The van der Waals surface area contributed by atoms with Gasteiger partial charge in [-0.1, -0.05) is 0 Å². The second-order valence-corrected chi connectivity index (χ2v) is 22.5. The Morgan fingerprint density at radius 1 is 1.17 bits per heavy atom. The third kappa shape index (κ3) is 3.75. The van der Waals surface area contributed by atoms with Crippen molar-refractivity contribution in [2.75, 3.05) is 0 Å². The Bertz CT molecular complexity index is 193. The van der Waals surface area contributed by atoms with E-state index < -0.39 is 21.2 Å². The molecule has 0 fully saturated rings. The Morgan fingerprint density at radius 2 is 1.58 bits per heavy atom. The monoisotopic (exact) mass is 360 g/mol. The van der Waals surface area contributed by atoms with Crippen molar-refractivity contribution in [2.45, 2.75) is 39.6 Å². The molecule has 0 atom stereocenters. The van der Waals surface area contributed by atoms with Gasteiger partial charge in [-0.3, -0.25) is 0 Å². The first kappa shape index (κ1) is 12.2. The van der Waals surface area contributed by atoms with Gasteiger partial charge < -0.3 is 0 Å². The molecule has 0 radical (unpaired) electrons. The molecule has 0 aromatic carbocycles. The van der Waals surface area contributed by atoms with Gasteiger partial charge in [-0.2, -0.15) is 0 Å². The molecule has 0 amide bonds. The van der Waals surface area contributed by atoms with Crippen LogP contribution < -0.4 is 0 Å². The predicted octanol–water partition coefficient (Wildman–Crippen LogP) is 3.61. The minimum absolute atomic E-state index is 1.02. The van der Waals surface area contributed by atoms with Gasteiger partial charge in [-0.25, -0.2) is 0 Å². The van der Waals surface area contributed by atoms with Gasteiger partial charge in [0.05, 0.1) is 0 Å². The number of hydrogen-bond donors (Lipinski definition) is 0. The van der Waals surface area contributed by atoms with Gasteiger partial charge >= 0.3 is 82.4 Å². The molecule has 68 valence electrons. The van der Waals surface area contributed by atoms with E-state index >= 15 is 0 Å². The third-order valence-electron chi connectivity index (χ3n) is 2.57. The van der Waals surface area contributed by atoms with Gasteiger partial charge in [0.15, 0.2) is 0 Å². The van der Waals surface area contributed by atoms with Crippen molar-refractivity contribution >= 4 is 21.2 Å². The SMILES string of the molecule is C=C(C)C#[C][Pb]([CH2]C)([CH2]C)[CH2]C. The molecule has 0 unspecified atom stereocenters. The van der Waals surface area contributed by atoms with Crippen molar-refractivity contribution in [1.82, 2.24) is 0 Å². The molecule has 0 aromatic rings. The van der Waals surface area contributed by atoms with Crippen LogP contribution in [0, 0.1) is 9.40 Å². The van der Waals surface area contributed by atoms with Crippen LogP contribution in [-0.4, -0.2) is 21.2 Å². The van der Waals surface area contributed by atoms with Gasteiger partial charge in [0.2, 0.25) is 0 Å². The minimum atomic E-state index is -2.06. The normalized spacial score (nSPS) is 10.3. The number of rotatable bonds is 3. The molecule has 0 aliphatic heterocycles. The molecule has 0 rings (SSSR count). The van der Waals surface area contributed by atoms with E-state index in [1.807, 2.05) is 6.92 Å². The van der Waals surface area contributed by atoms with Gasteiger partial charge in [0.25, 0.3) is 0 Å². The van der Waals surface area contributed by atoms with E-state index in [0.717, 1.165) is 5.57 Å². The maximum atomic E-state index is 3.82. The average Bonchev–Trinajstić information content (AvgIpc) is 2.08. The fraction of sp³-hybridized carbons (Fsp3) is 0.636. The molecule has 1 heteroatoms. The van der Waals surface area contributed by atoms with Crippen LogP contribution in [0.4, 0.5) is 0 Å². The van der Waals surface area contributed by atoms with Crippen molar-refractivity contribution in [3.8, 4) is 9.40 Å². The van der Waals surface area contributed by atoms with Crippen molar-refractivity contribution in [1.29, 1.82) is 0 Å². The molecule has 0 heterocycles. The van der Waals surface area contributed by atoms with E-state index in [1.165, 1.54) is 11.9 Å². The zero-order valence-electron chi connectivity index (χ0n) is 8.83. The maximum absolute atomic E-state index is 3.82. The van der Waals surface area contributed by atoms with Crippen LogP contribution in [0.3, 0.4) is 0 Å². The summed E-state index contributed by atoms with van der Waals surface area (Å²) < 4.78 is 7.64. The molecular formula is C11H20Pb. The van der Waals surface area contributed by atoms with Crippen molar-refractivity contribution in [3.63, 3.8) is 0 Å². The molecule has 0 saturated carbocycles. The summed E-state index contributed by atoms with van der Waals surface area (Å²) in [5.74, 6) is 3.19. The van der Waals surface area contributed by atoms with Crippen molar-refractivity contribution < 1.29 is 0 Å². The third-order valence-corrected chi connectivity index (χ3v) is 20.9. The number of hydrogen-bond acceptors (Lipinski definition) is 0. The van der Waals surface area contributed by atoms with E-state index in [4.69, 9.17) is 0 Å². The van der Waals surface area contributed by atoms with Gasteiger partial charge in [-0.15, -0.1) is 0 Å². The topological polar surface area (TPSA) is 0 Å². The van der Waals surface area contributed by atoms with Crippen LogP contribution in [0.2, 0.25) is 11.9 Å².